The van der Waals surface area contributed by atoms with E-state index in [0.717, 1.165) is 18.8 Å². The molecular formula is C13H20N2O3. The summed E-state index contributed by atoms with van der Waals surface area (Å²) in [4.78, 5) is 4.29. The molecular weight excluding hydrogens is 232 g/mol. The summed E-state index contributed by atoms with van der Waals surface area (Å²) in [6, 6.07) is 5.65. The largest absolute Gasteiger partial charge is 0.481 e. The molecule has 18 heavy (non-hydrogen) atoms. The first-order chi connectivity index (χ1) is 8.78. The van der Waals surface area contributed by atoms with Crippen molar-refractivity contribution in [3.05, 3.63) is 23.9 Å². The van der Waals surface area contributed by atoms with Crippen molar-refractivity contribution in [3.8, 4) is 5.88 Å². The summed E-state index contributed by atoms with van der Waals surface area (Å²) in [5.41, 5.74) is 0.867. The van der Waals surface area contributed by atoms with E-state index >= 15 is 0 Å². The molecule has 0 saturated carbocycles. The van der Waals surface area contributed by atoms with Crippen molar-refractivity contribution in [3.63, 3.8) is 0 Å². The van der Waals surface area contributed by atoms with Crippen LogP contribution in [0.1, 0.15) is 12.6 Å². The van der Waals surface area contributed by atoms with Gasteiger partial charge in [0.2, 0.25) is 5.88 Å². The van der Waals surface area contributed by atoms with E-state index in [0.29, 0.717) is 19.1 Å². The minimum absolute atomic E-state index is 0.124. The number of aromatic nitrogens is 1. The molecule has 1 fully saturated rings. The van der Waals surface area contributed by atoms with Crippen LogP contribution >= 0.6 is 0 Å². The van der Waals surface area contributed by atoms with Crippen molar-refractivity contribution in [2.45, 2.75) is 25.7 Å². The fourth-order valence-corrected chi connectivity index (χ4v) is 1.92. The quantitative estimate of drug-likeness (QED) is 0.846. The average molecular weight is 252 g/mol. The number of ether oxygens (including phenoxy) is 3. The molecule has 2 heterocycles. The van der Waals surface area contributed by atoms with Crippen LogP contribution in [-0.4, -0.2) is 44.0 Å². The van der Waals surface area contributed by atoms with Gasteiger partial charge in [0.15, 0.2) is 0 Å². The van der Waals surface area contributed by atoms with Gasteiger partial charge in [0.05, 0.1) is 38.2 Å². The summed E-state index contributed by atoms with van der Waals surface area (Å²) in [6.45, 7) is 4.87. The summed E-state index contributed by atoms with van der Waals surface area (Å²) in [5, 5.41) is 3.31. The maximum Gasteiger partial charge on any atom is 0.213 e. The standard InChI is InChI=1S/C13H20N2O3/c1-10-6-14-7-12(18-10)9-17-8-11-4-3-5-13(15-11)16-2/h3-5,10,12,14H,6-9H2,1-2H3. The van der Waals surface area contributed by atoms with Gasteiger partial charge in [-0.3, -0.25) is 0 Å². The van der Waals surface area contributed by atoms with E-state index < -0.39 is 0 Å². The molecule has 5 nitrogen and oxygen atoms in total. The van der Waals surface area contributed by atoms with E-state index in [9.17, 15) is 0 Å². The van der Waals surface area contributed by atoms with Crippen LogP contribution in [0.15, 0.2) is 18.2 Å². The van der Waals surface area contributed by atoms with E-state index in [4.69, 9.17) is 14.2 Å². The van der Waals surface area contributed by atoms with Crippen LogP contribution in [0.5, 0.6) is 5.88 Å². The van der Waals surface area contributed by atoms with Gasteiger partial charge in [-0.05, 0) is 13.0 Å². The predicted octanol–water partition coefficient (Wildman–Crippen LogP) is 0.984. The lowest BCUT2D eigenvalue weighted by Gasteiger charge is -2.28. The molecule has 1 aromatic heterocycles. The maximum atomic E-state index is 5.74. The Hall–Kier alpha value is -1.17. The summed E-state index contributed by atoms with van der Waals surface area (Å²) in [6.07, 6.45) is 0.377. The fraction of sp³-hybridized carbons (Fsp3) is 0.615. The highest BCUT2D eigenvalue weighted by Gasteiger charge is 2.18. The minimum atomic E-state index is 0.124. The van der Waals surface area contributed by atoms with E-state index in [-0.39, 0.29) is 12.2 Å². The molecule has 0 spiro atoms. The molecule has 1 aliphatic rings. The van der Waals surface area contributed by atoms with E-state index in [1.54, 1.807) is 7.11 Å². The Morgan fingerprint density at radius 1 is 1.44 bits per heavy atom. The Kier molecular flexibility index (Phi) is 4.92. The lowest BCUT2D eigenvalue weighted by atomic mass is 10.2. The lowest BCUT2D eigenvalue weighted by Crippen LogP contribution is -2.45. The third kappa shape index (κ3) is 3.94. The molecule has 2 atom stereocenters. The zero-order chi connectivity index (χ0) is 12.8. The Morgan fingerprint density at radius 3 is 3.11 bits per heavy atom. The van der Waals surface area contributed by atoms with Crippen molar-refractivity contribution in [1.82, 2.24) is 10.3 Å². The monoisotopic (exact) mass is 252 g/mol. The molecule has 0 amide bonds. The van der Waals surface area contributed by atoms with Crippen LogP contribution in [-0.2, 0) is 16.1 Å². The number of hydrogen-bond donors (Lipinski definition) is 1. The zero-order valence-electron chi connectivity index (χ0n) is 10.9. The number of morpholine rings is 1. The second kappa shape index (κ2) is 6.68. The van der Waals surface area contributed by atoms with Crippen molar-refractivity contribution >= 4 is 0 Å². The first-order valence-electron chi connectivity index (χ1n) is 6.22. The third-order valence-electron chi connectivity index (χ3n) is 2.77. The van der Waals surface area contributed by atoms with Gasteiger partial charge in [-0.2, -0.15) is 0 Å². The zero-order valence-corrected chi connectivity index (χ0v) is 10.9. The summed E-state index contributed by atoms with van der Waals surface area (Å²) >= 11 is 0. The van der Waals surface area contributed by atoms with Gasteiger partial charge < -0.3 is 19.5 Å². The lowest BCUT2D eigenvalue weighted by molar-refractivity contribution is -0.0720. The number of nitrogens with one attached hydrogen (secondary N) is 1. The molecule has 5 heteroatoms. The van der Waals surface area contributed by atoms with Gasteiger partial charge in [-0.15, -0.1) is 0 Å². The molecule has 1 aromatic rings. The Balaban J connectivity index is 1.74. The number of nitrogens with zero attached hydrogens (tertiary/aromatic N) is 1. The van der Waals surface area contributed by atoms with E-state index in [2.05, 4.69) is 17.2 Å². The van der Waals surface area contributed by atoms with Crippen molar-refractivity contribution in [2.24, 2.45) is 0 Å². The van der Waals surface area contributed by atoms with Crippen molar-refractivity contribution < 1.29 is 14.2 Å². The average Bonchev–Trinajstić information content (AvgIpc) is 2.39. The number of pyridine rings is 1. The molecule has 0 aromatic carbocycles. The van der Waals surface area contributed by atoms with E-state index in [1.807, 2.05) is 18.2 Å². The highest BCUT2D eigenvalue weighted by atomic mass is 16.5. The SMILES string of the molecule is COc1cccc(COCC2CNCC(C)O2)n1. The highest BCUT2D eigenvalue weighted by molar-refractivity contribution is 5.14. The summed E-state index contributed by atoms with van der Waals surface area (Å²) < 4.78 is 16.4. The van der Waals surface area contributed by atoms with Gasteiger partial charge in [-0.25, -0.2) is 4.98 Å². The first kappa shape index (κ1) is 13.3. The van der Waals surface area contributed by atoms with E-state index in [1.165, 1.54) is 0 Å². The molecule has 1 saturated heterocycles. The second-order valence-corrected chi connectivity index (χ2v) is 4.41. The Morgan fingerprint density at radius 2 is 2.33 bits per heavy atom. The van der Waals surface area contributed by atoms with Crippen LogP contribution in [0.2, 0.25) is 0 Å². The van der Waals surface area contributed by atoms with Gasteiger partial charge in [0, 0.05) is 19.2 Å². The van der Waals surface area contributed by atoms with Gasteiger partial charge in [0.1, 0.15) is 0 Å². The van der Waals surface area contributed by atoms with Gasteiger partial charge in [-0.1, -0.05) is 6.07 Å². The molecule has 0 radical (unpaired) electrons. The fourth-order valence-electron chi connectivity index (χ4n) is 1.92. The Bertz CT molecular complexity index is 373. The molecule has 2 rings (SSSR count). The van der Waals surface area contributed by atoms with Crippen molar-refractivity contribution in [1.29, 1.82) is 0 Å². The number of rotatable bonds is 5. The predicted molar refractivity (Wildman–Crippen MR) is 67.6 cm³/mol. The summed E-state index contributed by atoms with van der Waals surface area (Å²) in [7, 11) is 1.61. The van der Waals surface area contributed by atoms with Crippen LogP contribution in [0, 0.1) is 0 Å². The minimum Gasteiger partial charge on any atom is -0.481 e. The highest BCUT2D eigenvalue weighted by Crippen LogP contribution is 2.09. The first-order valence-corrected chi connectivity index (χ1v) is 6.22. The van der Waals surface area contributed by atoms with Crippen molar-refractivity contribution in [2.75, 3.05) is 26.8 Å². The maximum absolute atomic E-state index is 5.74. The Labute approximate surface area is 107 Å². The third-order valence-corrected chi connectivity index (χ3v) is 2.77. The molecule has 100 valence electrons. The molecule has 1 aliphatic heterocycles. The topological polar surface area (TPSA) is 52.6 Å². The van der Waals surface area contributed by atoms with Crippen LogP contribution in [0.4, 0.5) is 0 Å². The van der Waals surface area contributed by atoms with Crippen LogP contribution < -0.4 is 10.1 Å². The number of methoxy groups -OCH3 is 1. The summed E-state index contributed by atoms with van der Waals surface area (Å²) in [5.74, 6) is 0.611. The van der Waals surface area contributed by atoms with Gasteiger partial charge >= 0.3 is 0 Å². The van der Waals surface area contributed by atoms with Crippen LogP contribution in [0.3, 0.4) is 0 Å². The normalized spacial score (nSPS) is 23.9. The van der Waals surface area contributed by atoms with Gasteiger partial charge in [0.25, 0.3) is 0 Å². The smallest absolute Gasteiger partial charge is 0.213 e. The second-order valence-electron chi connectivity index (χ2n) is 4.41. The van der Waals surface area contributed by atoms with Crippen LogP contribution in [0.25, 0.3) is 0 Å². The molecule has 0 aliphatic carbocycles. The molecule has 1 N–H and O–H groups in total. The molecule has 0 bridgehead atoms. The number of hydrogen-bond acceptors (Lipinski definition) is 5. The molecule has 2 unspecified atom stereocenters.